The van der Waals surface area contributed by atoms with Crippen molar-refractivity contribution in [2.45, 2.75) is 86.4 Å². The molecule has 4 heterocycles. The number of imidazole rings is 1. The normalized spacial score (nSPS) is 14.5. The molecule has 0 amide bonds. The van der Waals surface area contributed by atoms with Gasteiger partial charge in [-0.05, 0) is 6.07 Å². The number of aromatic nitrogens is 4. The van der Waals surface area contributed by atoms with Crippen LogP contribution in [0, 0.1) is 15.1 Å². The summed E-state index contributed by atoms with van der Waals surface area (Å²) in [5, 5.41) is 2.28. The van der Waals surface area contributed by atoms with Crippen LogP contribution in [0.1, 0.15) is 95.5 Å². The molecule has 0 radical (unpaired) electrons. The Labute approximate surface area is 475 Å². The maximum atomic E-state index is 9.55. The van der Waals surface area contributed by atoms with E-state index < -0.39 is 29.9 Å². The molecule has 386 valence electrons. The van der Waals surface area contributed by atoms with Crippen LogP contribution in [0.4, 0.5) is 11.5 Å². The van der Waals surface area contributed by atoms with Crippen LogP contribution in [0.3, 0.4) is 0 Å². The molecule has 8 heteroatoms. The van der Waals surface area contributed by atoms with Crippen molar-refractivity contribution < 1.29 is 33.7 Å². The van der Waals surface area contributed by atoms with Gasteiger partial charge in [-0.2, -0.15) is 0 Å². The number of para-hydroxylation sites is 4. The number of fused-ring (bicyclic) bond motifs is 4. The zero-order valence-corrected chi connectivity index (χ0v) is 47.6. The van der Waals surface area contributed by atoms with E-state index in [9.17, 15) is 5.48 Å². The van der Waals surface area contributed by atoms with Crippen molar-refractivity contribution >= 4 is 56.8 Å². The van der Waals surface area contributed by atoms with Gasteiger partial charge < -0.3 is 0 Å². The summed E-state index contributed by atoms with van der Waals surface area (Å²) in [5.74, 6) is 0.868. The molecule has 1 aliphatic rings. The summed E-state index contributed by atoms with van der Waals surface area (Å²) in [4.78, 5) is 7.52. The average Bonchev–Trinajstić information content (AvgIpc) is 2.00. The van der Waals surface area contributed by atoms with E-state index in [1.807, 2.05) is 80.6 Å². The van der Waals surface area contributed by atoms with Gasteiger partial charge in [-0.1, -0.05) is 60.7 Å². The summed E-state index contributed by atoms with van der Waals surface area (Å²) in [7, 11) is 0. The van der Waals surface area contributed by atoms with Gasteiger partial charge in [-0.25, -0.2) is 0 Å². The fraction of sp³-hybridized carbons (Fsp3) is 0.217. The van der Waals surface area contributed by atoms with Gasteiger partial charge in [0.25, 0.3) is 0 Å². The van der Waals surface area contributed by atoms with Gasteiger partial charge in [-0.3, -0.25) is 0 Å². The molecule has 0 spiro atoms. The Morgan fingerprint density at radius 1 is 0.623 bits per heavy atom. The number of nitrogens with zero attached hydrogens (tertiary/aromatic N) is 5. The molecule has 0 saturated carbocycles. The first kappa shape index (κ1) is 42.6. The number of pyridine rings is 1. The summed E-state index contributed by atoms with van der Waals surface area (Å²) in [6.07, 6.45) is -1.76. The second-order valence-electron chi connectivity index (χ2n) is 23.2. The van der Waals surface area contributed by atoms with E-state index in [1.165, 1.54) is 0 Å². The number of ether oxygens (including phenoxy) is 1. The number of anilines is 2. The van der Waals surface area contributed by atoms with Crippen molar-refractivity contribution in [3.8, 4) is 45.3 Å². The molecule has 77 heavy (non-hydrogen) atoms. The van der Waals surface area contributed by atoms with Gasteiger partial charge in [0.05, 0.1) is 0 Å². The van der Waals surface area contributed by atoms with Gasteiger partial charge in [0.15, 0.2) is 0 Å². The van der Waals surface area contributed by atoms with Crippen molar-refractivity contribution in [1.29, 1.82) is 0 Å². The topological polar surface area (TPSA) is 40.1 Å². The summed E-state index contributed by atoms with van der Waals surface area (Å²) in [6, 6.07) is 55.8. The van der Waals surface area contributed by atoms with E-state index in [0.29, 0.717) is 28.4 Å². The van der Waals surface area contributed by atoms with Gasteiger partial charge in [0.1, 0.15) is 0 Å². The van der Waals surface area contributed by atoms with Gasteiger partial charge >= 0.3 is 394 Å². The number of rotatable bonds is 11. The van der Waals surface area contributed by atoms with Crippen LogP contribution < -0.4 is 15.0 Å². The second-order valence-corrected chi connectivity index (χ2v) is 24.2. The predicted molar refractivity (Wildman–Crippen MR) is 320 cm³/mol. The minimum atomic E-state index is -1.76. The molecule has 0 unspecified atom stereocenters. The molecule has 12 rings (SSSR count). The Kier molecular flexibility index (Phi) is 10.6. The van der Waals surface area contributed by atoms with Crippen molar-refractivity contribution in [1.82, 2.24) is 18.6 Å². The molecule has 3 aromatic heterocycles. The molecule has 0 fully saturated rings. The summed E-state index contributed by atoms with van der Waals surface area (Å²) in [6.45, 7) is 21.0. The minimum absolute atomic E-state index is 0.115. The van der Waals surface area contributed by atoms with Crippen LogP contribution in [0.5, 0.6) is 11.6 Å². The van der Waals surface area contributed by atoms with Crippen LogP contribution >= 0.6 is 0 Å². The van der Waals surface area contributed by atoms with E-state index in [2.05, 4.69) is 190 Å². The monoisotopic (exact) mass is 1190 g/mol. The molecule has 11 aromatic rings. The Balaban J connectivity index is 1.06. The maximum absolute atomic E-state index is 9.55. The third-order valence-electron chi connectivity index (χ3n) is 15.8. The van der Waals surface area contributed by atoms with E-state index in [0.717, 1.165) is 75.7 Å². The molecule has 0 bridgehead atoms. The van der Waals surface area contributed by atoms with Crippen LogP contribution in [-0.2, 0) is 36.6 Å². The fourth-order valence-corrected chi connectivity index (χ4v) is 12.1. The molecular weight excluding hydrogens is 1120 g/mol. The number of hydrogen-bond acceptors (Lipinski definition) is 3. The standard InChI is InChI=1S/C69H66BN5O.Pt/c1-46(2)39-47-40-63(74-62-34-22-30-56-55-29-17-18-31-59(55)75(66(56)62)70(74)52-25-15-12-16-26-52)71-64(41-47)76-54-28-21-27-53(44-54)72-45-73(61-33-20-19-32-60(61)72)65-57(48-23-13-11-14-24-48)42-51(69(9,10)68(6,7)8)43-58(65)49-35-37-50(38-36-49)67(3,4)5;/h11-38,40-44,46H,39H2,1-10H3;/i11D,13D,14D,23D,24D,39D2;. The SMILES string of the molecule is [2H]c1c([2H])c([2H])c(-c2cc(C(C)(C)C(C)(C)C)cc(-c3ccc(C(C)(C)C)cc3)c2-n2[c](=[Pt])n(-c3cccc(Oc4cc(C([2H])([2H])C(C)C)cc(N5B(c6ccccc6)n6c7ccccc7c7cccc5c76)n4)c3)c3ccccc32)c([2H])c1[2H]. The van der Waals surface area contributed by atoms with E-state index in [4.69, 9.17) is 13.8 Å². The fourth-order valence-electron chi connectivity index (χ4n) is 11.0. The molecule has 0 saturated heterocycles. The molecule has 8 aromatic carbocycles. The first-order chi connectivity index (χ1) is 39.8. The van der Waals surface area contributed by atoms with Crippen LogP contribution in [-0.4, -0.2) is 25.6 Å². The molecule has 0 N–H and O–H groups in total. The molecule has 0 aliphatic carbocycles. The predicted octanol–water partition coefficient (Wildman–Crippen LogP) is 17.3. The van der Waals surface area contributed by atoms with Gasteiger partial charge in [0, 0.05) is 16.3 Å². The Bertz CT molecular complexity index is 4490. The number of hydrogen-bond donors (Lipinski definition) is 0. The van der Waals surface area contributed by atoms with Gasteiger partial charge in [-0.15, -0.1) is 0 Å². The Morgan fingerprint density at radius 3 is 1.95 bits per heavy atom. The average molecular weight is 1190 g/mol. The van der Waals surface area contributed by atoms with Crippen LogP contribution in [0.25, 0.3) is 66.5 Å². The first-order valence-corrected chi connectivity index (χ1v) is 27.6. The van der Waals surface area contributed by atoms with E-state index >= 15 is 0 Å². The zero-order valence-electron chi connectivity index (χ0n) is 52.3. The Hall–Kier alpha value is -7.47. The van der Waals surface area contributed by atoms with E-state index in [-0.39, 0.29) is 47.3 Å². The van der Waals surface area contributed by atoms with Crippen molar-refractivity contribution in [2.24, 2.45) is 11.3 Å². The van der Waals surface area contributed by atoms with E-state index in [1.54, 1.807) is 6.07 Å². The van der Waals surface area contributed by atoms with Crippen LogP contribution in [0.2, 0.25) is 0 Å². The summed E-state index contributed by atoms with van der Waals surface area (Å²) >= 11 is 2.36. The van der Waals surface area contributed by atoms with Crippen molar-refractivity contribution in [3.63, 3.8) is 0 Å². The van der Waals surface area contributed by atoms with Crippen molar-refractivity contribution in [3.05, 3.63) is 221 Å². The summed E-state index contributed by atoms with van der Waals surface area (Å²) < 4.78 is 79.2. The van der Waals surface area contributed by atoms with Crippen LogP contribution in [0.15, 0.2) is 200 Å². The third kappa shape index (κ3) is 8.81. The molecule has 1 aliphatic heterocycles. The first-order valence-electron chi connectivity index (χ1n) is 30.0. The van der Waals surface area contributed by atoms with Crippen molar-refractivity contribution in [2.75, 3.05) is 4.81 Å². The summed E-state index contributed by atoms with van der Waals surface area (Å²) in [5.41, 5.74) is 11.4. The molecule has 6 nitrogen and oxygen atoms in total. The molecular formula is C69H66BN5OPt. The zero-order chi connectivity index (χ0) is 59.7. The van der Waals surface area contributed by atoms with Gasteiger partial charge in [0.2, 0.25) is 0 Å². The number of benzene rings is 8. The molecule has 0 atom stereocenters. The Morgan fingerprint density at radius 2 is 1.26 bits per heavy atom. The second kappa shape index (κ2) is 19.2. The quantitative estimate of drug-likeness (QED) is 0.121. The third-order valence-corrected chi connectivity index (χ3v) is 16.8.